The van der Waals surface area contributed by atoms with E-state index in [-0.39, 0.29) is 30.2 Å². The van der Waals surface area contributed by atoms with Crippen LogP contribution in [0.25, 0.3) is 0 Å². The number of Topliss-reactive ketones (excluding diaryl/α,β-unsaturated/α-hetero) is 1. The standard InChI is InChI=1S/C16H20BrFO3/c1-16(2,3)21-15(20)7-5-4-6-14(19)12-9-8-11(17)10-13(12)18/h8-10H,4-7H2,1-3H3. The van der Waals surface area contributed by atoms with Crippen molar-refractivity contribution in [3.05, 3.63) is 34.1 Å². The van der Waals surface area contributed by atoms with Gasteiger partial charge >= 0.3 is 5.97 Å². The second-order valence-corrected chi connectivity index (χ2v) is 6.76. The highest BCUT2D eigenvalue weighted by molar-refractivity contribution is 9.10. The van der Waals surface area contributed by atoms with Gasteiger partial charge in [-0.15, -0.1) is 0 Å². The van der Waals surface area contributed by atoms with Crippen LogP contribution in [0.3, 0.4) is 0 Å². The number of carbonyl (C=O) groups is 2. The van der Waals surface area contributed by atoms with E-state index in [0.717, 1.165) is 0 Å². The summed E-state index contributed by atoms with van der Waals surface area (Å²) in [6.07, 6.45) is 1.58. The molecule has 0 fully saturated rings. The van der Waals surface area contributed by atoms with Gasteiger partial charge in [-0.25, -0.2) is 4.39 Å². The number of hydrogen-bond acceptors (Lipinski definition) is 3. The summed E-state index contributed by atoms with van der Waals surface area (Å²) < 4.78 is 19.4. The minimum atomic E-state index is -0.526. The number of carbonyl (C=O) groups excluding carboxylic acids is 2. The first-order chi connectivity index (χ1) is 9.69. The number of ketones is 1. The minimum Gasteiger partial charge on any atom is -0.460 e. The molecule has 0 amide bonds. The van der Waals surface area contributed by atoms with Gasteiger partial charge < -0.3 is 4.74 Å². The number of benzene rings is 1. The van der Waals surface area contributed by atoms with E-state index in [1.54, 1.807) is 6.07 Å². The van der Waals surface area contributed by atoms with Crippen molar-refractivity contribution < 1.29 is 18.7 Å². The molecular weight excluding hydrogens is 339 g/mol. The normalized spacial score (nSPS) is 11.3. The van der Waals surface area contributed by atoms with E-state index in [1.807, 2.05) is 20.8 Å². The summed E-state index contributed by atoms with van der Waals surface area (Å²) in [5.41, 5.74) is -0.400. The van der Waals surface area contributed by atoms with Crippen LogP contribution in [0.4, 0.5) is 4.39 Å². The SMILES string of the molecule is CC(C)(C)OC(=O)CCCCC(=O)c1ccc(Br)cc1F. The van der Waals surface area contributed by atoms with Crippen molar-refractivity contribution in [2.24, 2.45) is 0 Å². The average Bonchev–Trinajstić information content (AvgIpc) is 2.32. The molecule has 0 atom stereocenters. The van der Waals surface area contributed by atoms with Gasteiger partial charge in [-0.3, -0.25) is 9.59 Å². The van der Waals surface area contributed by atoms with Crippen LogP contribution < -0.4 is 0 Å². The molecule has 0 unspecified atom stereocenters. The zero-order valence-corrected chi connectivity index (χ0v) is 14.1. The summed E-state index contributed by atoms with van der Waals surface area (Å²) in [7, 11) is 0. The summed E-state index contributed by atoms with van der Waals surface area (Å²) >= 11 is 3.15. The number of rotatable bonds is 6. The van der Waals surface area contributed by atoms with E-state index in [2.05, 4.69) is 15.9 Å². The largest absolute Gasteiger partial charge is 0.460 e. The molecule has 1 aromatic carbocycles. The van der Waals surface area contributed by atoms with Crippen LogP contribution in [0, 0.1) is 5.82 Å². The maximum absolute atomic E-state index is 13.6. The molecule has 0 saturated carbocycles. The molecule has 0 heterocycles. The second-order valence-electron chi connectivity index (χ2n) is 5.84. The van der Waals surface area contributed by atoms with E-state index < -0.39 is 11.4 Å². The predicted molar refractivity (Wildman–Crippen MR) is 82.7 cm³/mol. The second kappa shape index (κ2) is 7.69. The number of ether oxygens (including phenoxy) is 1. The van der Waals surface area contributed by atoms with Crippen molar-refractivity contribution in [2.75, 3.05) is 0 Å². The predicted octanol–water partition coefficient (Wildman–Crippen LogP) is 4.67. The summed E-state index contributed by atoms with van der Waals surface area (Å²) in [5, 5.41) is 0. The fourth-order valence-electron chi connectivity index (χ4n) is 1.80. The molecule has 116 valence electrons. The van der Waals surface area contributed by atoms with Gasteiger partial charge in [0.15, 0.2) is 5.78 Å². The Morgan fingerprint density at radius 1 is 1.19 bits per heavy atom. The van der Waals surface area contributed by atoms with Crippen LogP contribution in [-0.2, 0) is 9.53 Å². The summed E-state index contributed by atoms with van der Waals surface area (Å²) in [6, 6.07) is 4.38. The molecule has 1 rings (SSSR count). The lowest BCUT2D eigenvalue weighted by Crippen LogP contribution is -2.23. The van der Waals surface area contributed by atoms with Crippen molar-refractivity contribution in [1.29, 1.82) is 0 Å². The molecule has 0 radical (unpaired) electrons. The lowest BCUT2D eigenvalue weighted by Gasteiger charge is -2.19. The molecule has 0 aliphatic rings. The molecule has 1 aromatic rings. The van der Waals surface area contributed by atoms with Gasteiger partial charge in [0.25, 0.3) is 0 Å². The first-order valence-corrected chi connectivity index (χ1v) is 7.68. The van der Waals surface area contributed by atoms with Crippen LogP contribution >= 0.6 is 15.9 Å². The lowest BCUT2D eigenvalue weighted by molar-refractivity contribution is -0.154. The molecule has 0 saturated heterocycles. The molecular formula is C16H20BrFO3. The zero-order valence-electron chi connectivity index (χ0n) is 12.5. The Balaban J connectivity index is 2.36. The molecule has 0 spiro atoms. The maximum Gasteiger partial charge on any atom is 0.306 e. The third kappa shape index (κ3) is 6.85. The van der Waals surface area contributed by atoms with Gasteiger partial charge in [0.1, 0.15) is 11.4 Å². The monoisotopic (exact) mass is 358 g/mol. The smallest absolute Gasteiger partial charge is 0.306 e. The Bertz CT molecular complexity index is 521. The maximum atomic E-state index is 13.6. The summed E-state index contributed by atoms with van der Waals surface area (Å²) in [6.45, 7) is 5.43. The van der Waals surface area contributed by atoms with Crippen molar-refractivity contribution >= 4 is 27.7 Å². The van der Waals surface area contributed by atoms with Gasteiger partial charge in [-0.05, 0) is 51.8 Å². The minimum absolute atomic E-state index is 0.0930. The fraction of sp³-hybridized carbons (Fsp3) is 0.500. The first-order valence-electron chi connectivity index (χ1n) is 6.89. The summed E-state index contributed by atoms with van der Waals surface area (Å²) in [4.78, 5) is 23.4. The number of esters is 1. The highest BCUT2D eigenvalue weighted by Gasteiger charge is 2.16. The third-order valence-electron chi connectivity index (χ3n) is 2.69. The van der Waals surface area contributed by atoms with Gasteiger partial charge in [-0.2, -0.15) is 0 Å². The number of hydrogen-bond donors (Lipinski definition) is 0. The fourth-order valence-corrected chi connectivity index (χ4v) is 2.13. The molecule has 0 aliphatic heterocycles. The van der Waals surface area contributed by atoms with Crippen molar-refractivity contribution in [1.82, 2.24) is 0 Å². The van der Waals surface area contributed by atoms with E-state index in [1.165, 1.54) is 12.1 Å². The average molecular weight is 359 g/mol. The van der Waals surface area contributed by atoms with Crippen LogP contribution in [0.5, 0.6) is 0 Å². The highest BCUT2D eigenvalue weighted by Crippen LogP contribution is 2.18. The van der Waals surface area contributed by atoms with E-state index in [4.69, 9.17) is 4.74 Å². The van der Waals surface area contributed by atoms with Crippen LogP contribution in [0.1, 0.15) is 56.8 Å². The van der Waals surface area contributed by atoms with Crippen molar-refractivity contribution in [2.45, 2.75) is 52.1 Å². The van der Waals surface area contributed by atoms with Crippen molar-refractivity contribution in [3.63, 3.8) is 0 Å². The Morgan fingerprint density at radius 3 is 2.38 bits per heavy atom. The van der Waals surface area contributed by atoms with Crippen LogP contribution in [-0.4, -0.2) is 17.4 Å². The Labute approximate surface area is 133 Å². The quantitative estimate of drug-likeness (QED) is 0.421. The van der Waals surface area contributed by atoms with E-state index in [9.17, 15) is 14.0 Å². The molecule has 3 nitrogen and oxygen atoms in total. The molecule has 0 N–H and O–H groups in total. The molecule has 5 heteroatoms. The van der Waals surface area contributed by atoms with Gasteiger partial charge in [0, 0.05) is 17.3 Å². The Hall–Kier alpha value is -1.23. The topological polar surface area (TPSA) is 43.4 Å². The van der Waals surface area contributed by atoms with E-state index >= 15 is 0 Å². The van der Waals surface area contributed by atoms with Crippen molar-refractivity contribution in [3.8, 4) is 0 Å². The lowest BCUT2D eigenvalue weighted by atomic mass is 10.0. The summed E-state index contributed by atoms with van der Waals surface area (Å²) in [5.74, 6) is -1.05. The van der Waals surface area contributed by atoms with Gasteiger partial charge in [0.2, 0.25) is 0 Å². The molecule has 0 aliphatic carbocycles. The molecule has 0 bridgehead atoms. The Kier molecular flexibility index (Phi) is 6.52. The molecule has 0 aromatic heterocycles. The first kappa shape index (κ1) is 17.8. The van der Waals surface area contributed by atoms with Crippen LogP contribution in [0.2, 0.25) is 0 Å². The number of halogens is 2. The third-order valence-corrected chi connectivity index (χ3v) is 3.18. The Morgan fingerprint density at radius 2 is 1.81 bits per heavy atom. The van der Waals surface area contributed by atoms with Gasteiger partial charge in [-0.1, -0.05) is 15.9 Å². The zero-order chi connectivity index (χ0) is 16.0. The molecule has 21 heavy (non-hydrogen) atoms. The van der Waals surface area contributed by atoms with E-state index in [0.29, 0.717) is 17.3 Å². The van der Waals surface area contributed by atoms with Crippen LogP contribution in [0.15, 0.2) is 22.7 Å². The van der Waals surface area contributed by atoms with Gasteiger partial charge in [0.05, 0.1) is 5.56 Å². The number of unbranched alkanes of at least 4 members (excludes halogenated alkanes) is 1. The highest BCUT2D eigenvalue weighted by atomic mass is 79.9.